The Morgan fingerprint density at radius 2 is 1.96 bits per heavy atom. The molecule has 2 aliphatic heterocycles. The third-order valence-corrected chi connectivity index (χ3v) is 4.46. The quantitative estimate of drug-likeness (QED) is 0.711. The van der Waals surface area contributed by atoms with E-state index in [9.17, 15) is 14.4 Å². The molecule has 8 heteroatoms. The minimum atomic E-state index is -0.777. The van der Waals surface area contributed by atoms with Gasteiger partial charge in [-0.3, -0.25) is 4.79 Å². The van der Waals surface area contributed by atoms with Crippen molar-refractivity contribution in [2.45, 2.75) is 70.2 Å². The highest BCUT2D eigenvalue weighted by atomic mass is 16.6. The summed E-state index contributed by atoms with van der Waals surface area (Å²) >= 11 is 0. The molecule has 142 valence electrons. The van der Waals surface area contributed by atoms with Gasteiger partial charge in [-0.1, -0.05) is 0 Å². The zero-order chi connectivity index (χ0) is 18.6. The molecule has 0 saturated carbocycles. The van der Waals surface area contributed by atoms with Gasteiger partial charge in [-0.05, 0) is 53.0 Å². The molecule has 0 bridgehead atoms. The van der Waals surface area contributed by atoms with Gasteiger partial charge >= 0.3 is 12.1 Å². The monoisotopic (exact) mass is 355 g/mol. The van der Waals surface area contributed by atoms with E-state index >= 15 is 0 Å². The lowest BCUT2D eigenvalue weighted by Gasteiger charge is -2.32. The topological polar surface area (TPSA) is 97.0 Å². The van der Waals surface area contributed by atoms with Crippen LogP contribution in [0.15, 0.2) is 0 Å². The number of hydrogen-bond acceptors (Lipinski definition) is 6. The number of rotatable bonds is 2. The van der Waals surface area contributed by atoms with Gasteiger partial charge in [0.15, 0.2) is 0 Å². The summed E-state index contributed by atoms with van der Waals surface area (Å²) in [4.78, 5) is 38.9. The fourth-order valence-electron chi connectivity index (χ4n) is 3.41. The Labute approximate surface area is 148 Å². The molecule has 0 aromatic carbocycles. The molecule has 2 rings (SSSR count). The highest BCUT2D eigenvalue weighted by Gasteiger charge is 2.44. The lowest BCUT2D eigenvalue weighted by molar-refractivity contribution is -0.153. The standard InChI is InChI=1S/C17H29N3O5/c1-17(2,3)25-16(23)19-12-10-18-9-5-6-11-7-8-13(15(22)24-4)20(11)14(12)21/h11-13,18H,5-10H2,1-4H3,(H,19,23)/t11-,12-,13-/m0/s1. The zero-order valence-electron chi connectivity index (χ0n) is 15.5. The molecular formula is C17H29N3O5. The Morgan fingerprint density at radius 1 is 1.24 bits per heavy atom. The van der Waals surface area contributed by atoms with E-state index in [0.29, 0.717) is 13.0 Å². The molecule has 2 heterocycles. The minimum Gasteiger partial charge on any atom is -0.467 e. The number of amides is 2. The summed E-state index contributed by atoms with van der Waals surface area (Å²) in [5.74, 6) is -0.669. The van der Waals surface area contributed by atoms with Crippen molar-refractivity contribution in [3.8, 4) is 0 Å². The van der Waals surface area contributed by atoms with Crippen LogP contribution in [0, 0.1) is 0 Å². The Morgan fingerprint density at radius 3 is 2.60 bits per heavy atom. The fraction of sp³-hybridized carbons (Fsp3) is 0.824. The van der Waals surface area contributed by atoms with Gasteiger partial charge in [-0.25, -0.2) is 9.59 Å². The maximum atomic E-state index is 13.1. The molecule has 2 amide bonds. The highest BCUT2D eigenvalue weighted by molar-refractivity contribution is 5.90. The number of nitrogens with one attached hydrogen (secondary N) is 2. The predicted octanol–water partition coefficient (Wildman–Crippen LogP) is 0.796. The van der Waals surface area contributed by atoms with E-state index in [-0.39, 0.29) is 11.9 Å². The van der Waals surface area contributed by atoms with Crippen molar-refractivity contribution in [2.24, 2.45) is 0 Å². The minimum absolute atomic E-state index is 0.000522. The van der Waals surface area contributed by atoms with E-state index in [1.807, 2.05) is 0 Å². The van der Waals surface area contributed by atoms with Gasteiger partial charge in [0.1, 0.15) is 17.7 Å². The summed E-state index contributed by atoms with van der Waals surface area (Å²) in [6, 6.07) is -1.36. The summed E-state index contributed by atoms with van der Waals surface area (Å²) in [5.41, 5.74) is -0.649. The zero-order valence-corrected chi connectivity index (χ0v) is 15.5. The number of carbonyl (C=O) groups excluding carboxylic acids is 3. The second-order valence-electron chi connectivity index (χ2n) is 7.56. The first-order valence-corrected chi connectivity index (χ1v) is 8.83. The molecule has 0 aromatic heterocycles. The van der Waals surface area contributed by atoms with Crippen LogP contribution in [0.4, 0.5) is 4.79 Å². The molecule has 25 heavy (non-hydrogen) atoms. The van der Waals surface area contributed by atoms with E-state index in [4.69, 9.17) is 9.47 Å². The first-order valence-electron chi connectivity index (χ1n) is 8.83. The molecule has 8 nitrogen and oxygen atoms in total. The first-order chi connectivity index (χ1) is 11.7. The number of hydrogen-bond donors (Lipinski definition) is 2. The van der Waals surface area contributed by atoms with E-state index in [2.05, 4.69) is 10.6 Å². The van der Waals surface area contributed by atoms with Gasteiger partial charge < -0.3 is 25.0 Å². The highest BCUT2D eigenvalue weighted by Crippen LogP contribution is 2.29. The molecule has 0 aliphatic carbocycles. The molecule has 0 spiro atoms. The van der Waals surface area contributed by atoms with Gasteiger partial charge in [0.05, 0.1) is 7.11 Å². The number of carbonyl (C=O) groups is 3. The average Bonchev–Trinajstić information content (AvgIpc) is 2.95. The summed E-state index contributed by atoms with van der Waals surface area (Å²) in [6.07, 6.45) is 2.45. The van der Waals surface area contributed by atoms with Crippen LogP contribution in [0.2, 0.25) is 0 Å². The number of nitrogens with zero attached hydrogens (tertiary/aromatic N) is 1. The number of alkyl carbamates (subject to hydrolysis) is 1. The van der Waals surface area contributed by atoms with Crippen molar-refractivity contribution in [2.75, 3.05) is 20.2 Å². The van der Waals surface area contributed by atoms with Crippen LogP contribution >= 0.6 is 0 Å². The Hall–Kier alpha value is -1.83. The van der Waals surface area contributed by atoms with Crippen molar-refractivity contribution in [3.63, 3.8) is 0 Å². The van der Waals surface area contributed by atoms with Crippen molar-refractivity contribution in [1.82, 2.24) is 15.5 Å². The summed E-state index contributed by atoms with van der Waals surface area (Å²) in [5, 5.41) is 5.83. The Balaban J connectivity index is 2.16. The van der Waals surface area contributed by atoms with Crippen LogP contribution in [-0.4, -0.2) is 66.8 Å². The molecule has 2 aliphatic rings. The van der Waals surface area contributed by atoms with Crippen LogP contribution in [0.3, 0.4) is 0 Å². The number of ether oxygens (including phenoxy) is 2. The Bertz CT molecular complexity index is 517. The fourth-order valence-corrected chi connectivity index (χ4v) is 3.41. The van der Waals surface area contributed by atoms with Crippen molar-refractivity contribution in [3.05, 3.63) is 0 Å². The second-order valence-corrected chi connectivity index (χ2v) is 7.56. The van der Waals surface area contributed by atoms with Crippen molar-refractivity contribution >= 4 is 18.0 Å². The molecule has 0 aromatic rings. The predicted molar refractivity (Wildman–Crippen MR) is 90.9 cm³/mol. The third kappa shape index (κ3) is 5.07. The molecule has 0 unspecified atom stereocenters. The van der Waals surface area contributed by atoms with Crippen LogP contribution in [-0.2, 0) is 19.1 Å². The number of fused-ring (bicyclic) bond motifs is 1. The number of esters is 1. The maximum Gasteiger partial charge on any atom is 0.408 e. The van der Waals surface area contributed by atoms with E-state index in [0.717, 1.165) is 25.8 Å². The molecule has 2 saturated heterocycles. The van der Waals surface area contributed by atoms with Gasteiger partial charge in [-0.2, -0.15) is 0 Å². The van der Waals surface area contributed by atoms with E-state index < -0.39 is 29.7 Å². The largest absolute Gasteiger partial charge is 0.467 e. The lowest BCUT2D eigenvalue weighted by Crippen LogP contribution is -2.57. The summed E-state index contributed by atoms with van der Waals surface area (Å²) < 4.78 is 10.1. The van der Waals surface area contributed by atoms with Gasteiger partial charge in [0, 0.05) is 12.6 Å². The van der Waals surface area contributed by atoms with Crippen molar-refractivity contribution in [1.29, 1.82) is 0 Å². The van der Waals surface area contributed by atoms with Crippen LogP contribution in [0.1, 0.15) is 46.5 Å². The van der Waals surface area contributed by atoms with Crippen LogP contribution in [0.5, 0.6) is 0 Å². The molecular weight excluding hydrogens is 326 g/mol. The second kappa shape index (κ2) is 8.03. The van der Waals surface area contributed by atoms with Crippen LogP contribution < -0.4 is 10.6 Å². The number of methoxy groups -OCH3 is 1. The van der Waals surface area contributed by atoms with Gasteiger partial charge in [-0.15, -0.1) is 0 Å². The van der Waals surface area contributed by atoms with Crippen LogP contribution in [0.25, 0.3) is 0 Å². The van der Waals surface area contributed by atoms with E-state index in [1.165, 1.54) is 7.11 Å². The SMILES string of the molecule is COC(=O)[C@@H]1CC[C@@H]2CCCNC[C@H](NC(=O)OC(C)(C)C)C(=O)N21. The maximum absolute atomic E-state index is 13.1. The Kier molecular flexibility index (Phi) is 6.26. The third-order valence-electron chi connectivity index (χ3n) is 4.46. The molecule has 3 atom stereocenters. The van der Waals surface area contributed by atoms with Crippen molar-refractivity contribution < 1.29 is 23.9 Å². The molecule has 2 fully saturated rings. The molecule has 2 N–H and O–H groups in total. The lowest BCUT2D eigenvalue weighted by atomic mass is 10.1. The van der Waals surface area contributed by atoms with Gasteiger partial charge in [0.2, 0.25) is 5.91 Å². The normalized spacial score (nSPS) is 27.6. The average molecular weight is 355 g/mol. The van der Waals surface area contributed by atoms with Gasteiger partial charge in [0.25, 0.3) is 0 Å². The summed E-state index contributed by atoms with van der Waals surface area (Å²) in [7, 11) is 1.33. The summed E-state index contributed by atoms with van der Waals surface area (Å²) in [6.45, 7) is 6.35. The first kappa shape index (κ1) is 19.5. The van der Waals surface area contributed by atoms with E-state index in [1.54, 1.807) is 25.7 Å². The smallest absolute Gasteiger partial charge is 0.408 e. The molecule has 0 radical (unpaired) electrons.